The van der Waals surface area contributed by atoms with Crippen LogP contribution in [0.4, 0.5) is 5.69 Å². The highest BCUT2D eigenvalue weighted by molar-refractivity contribution is 6.03. The van der Waals surface area contributed by atoms with E-state index in [0.717, 1.165) is 0 Å². The van der Waals surface area contributed by atoms with Crippen molar-refractivity contribution in [1.82, 2.24) is 9.97 Å². The number of carbonyl (C=O) groups excluding carboxylic acids is 1. The fraction of sp³-hybridized carbons (Fsp3) is 0.105. The Bertz CT molecular complexity index is 963. The summed E-state index contributed by atoms with van der Waals surface area (Å²) in [6.45, 7) is 0. The number of nitrogens with one attached hydrogen (secondary N) is 2. The van der Waals surface area contributed by atoms with Crippen molar-refractivity contribution < 1.29 is 14.3 Å². The average molecular weight is 351 g/mol. The Kier molecular flexibility index (Phi) is 4.98. The molecule has 3 aromatic rings. The predicted octanol–water partition coefficient (Wildman–Crippen LogP) is 2.71. The topological polar surface area (TPSA) is 93.3 Å². The molecule has 132 valence electrons. The Morgan fingerprint density at radius 3 is 2.12 bits per heavy atom. The highest BCUT2D eigenvalue weighted by atomic mass is 16.5. The minimum atomic E-state index is -0.599. The molecule has 0 aliphatic heterocycles. The second-order valence-electron chi connectivity index (χ2n) is 5.40. The number of benzene rings is 2. The molecule has 1 aromatic heterocycles. The zero-order valence-corrected chi connectivity index (χ0v) is 14.3. The van der Waals surface area contributed by atoms with E-state index in [0.29, 0.717) is 28.4 Å². The third-order valence-electron chi connectivity index (χ3n) is 3.72. The third kappa shape index (κ3) is 3.89. The SMILES string of the molecule is COc1ccc(NC(=O)c2cc(-c3ccc(OC)cc3)nc(=O)[nH]2)cc1. The fourth-order valence-corrected chi connectivity index (χ4v) is 2.36. The molecule has 26 heavy (non-hydrogen) atoms. The van der Waals surface area contributed by atoms with E-state index in [1.54, 1.807) is 62.8 Å². The molecule has 0 saturated heterocycles. The summed E-state index contributed by atoms with van der Waals surface area (Å²) < 4.78 is 10.2. The molecule has 0 spiro atoms. The number of carbonyl (C=O) groups is 1. The lowest BCUT2D eigenvalue weighted by Gasteiger charge is -2.08. The van der Waals surface area contributed by atoms with Crippen LogP contribution in [0.2, 0.25) is 0 Å². The molecule has 1 heterocycles. The number of aromatic amines is 1. The van der Waals surface area contributed by atoms with Gasteiger partial charge in [-0.2, -0.15) is 4.98 Å². The number of amides is 1. The van der Waals surface area contributed by atoms with Gasteiger partial charge in [-0.3, -0.25) is 4.79 Å². The van der Waals surface area contributed by atoms with Gasteiger partial charge in [-0.25, -0.2) is 4.79 Å². The number of ether oxygens (including phenoxy) is 2. The summed E-state index contributed by atoms with van der Waals surface area (Å²) in [6, 6.07) is 15.5. The third-order valence-corrected chi connectivity index (χ3v) is 3.72. The van der Waals surface area contributed by atoms with Gasteiger partial charge in [0.2, 0.25) is 0 Å². The molecule has 0 unspecified atom stereocenters. The average Bonchev–Trinajstić information content (AvgIpc) is 2.68. The molecule has 0 bridgehead atoms. The zero-order chi connectivity index (χ0) is 18.5. The molecule has 0 radical (unpaired) electrons. The highest BCUT2D eigenvalue weighted by Gasteiger charge is 2.11. The van der Waals surface area contributed by atoms with Gasteiger partial charge in [0.05, 0.1) is 19.9 Å². The van der Waals surface area contributed by atoms with E-state index < -0.39 is 11.6 Å². The maximum absolute atomic E-state index is 12.4. The summed E-state index contributed by atoms with van der Waals surface area (Å²) in [5.74, 6) is 0.933. The zero-order valence-electron chi connectivity index (χ0n) is 14.3. The van der Waals surface area contributed by atoms with Gasteiger partial charge in [0, 0.05) is 11.3 Å². The van der Waals surface area contributed by atoms with E-state index in [2.05, 4.69) is 15.3 Å². The molecule has 0 aliphatic carbocycles. The molecule has 0 fully saturated rings. The van der Waals surface area contributed by atoms with E-state index in [1.165, 1.54) is 6.07 Å². The van der Waals surface area contributed by atoms with Crippen molar-refractivity contribution in [2.75, 3.05) is 19.5 Å². The van der Waals surface area contributed by atoms with Crippen molar-refractivity contribution in [1.29, 1.82) is 0 Å². The number of aromatic nitrogens is 2. The van der Waals surface area contributed by atoms with Crippen molar-refractivity contribution in [3.05, 3.63) is 70.8 Å². The van der Waals surface area contributed by atoms with Gasteiger partial charge in [0.15, 0.2) is 0 Å². The van der Waals surface area contributed by atoms with Gasteiger partial charge in [-0.1, -0.05) is 0 Å². The minimum Gasteiger partial charge on any atom is -0.497 e. The second kappa shape index (κ2) is 7.52. The van der Waals surface area contributed by atoms with Crippen LogP contribution in [0.15, 0.2) is 59.4 Å². The standard InChI is InChI=1S/C19H17N3O4/c1-25-14-7-3-12(4-8-14)16-11-17(22-19(24)21-16)18(23)20-13-5-9-15(26-2)10-6-13/h3-11H,1-2H3,(H,20,23)(H,21,22,24). The van der Waals surface area contributed by atoms with Crippen LogP contribution in [0.1, 0.15) is 10.5 Å². The second-order valence-corrected chi connectivity index (χ2v) is 5.40. The molecule has 7 nitrogen and oxygen atoms in total. The lowest BCUT2D eigenvalue weighted by molar-refractivity contribution is 0.102. The molecular weight excluding hydrogens is 334 g/mol. The van der Waals surface area contributed by atoms with E-state index in [1.807, 2.05) is 0 Å². The lowest BCUT2D eigenvalue weighted by Crippen LogP contribution is -2.21. The molecule has 0 saturated carbocycles. The molecule has 2 aromatic carbocycles. The molecule has 1 amide bonds. The number of rotatable bonds is 5. The van der Waals surface area contributed by atoms with Gasteiger partial charge >= 0.3 is 5.69 Å². The summed E-state index contributed by atoms with van der Waals surface area (Å²) in [5, 5.41) is 2.72. The summed E-state index contributed by atoms with van der Waals surface area (Å²) in [6.07, 6.45) is 0. The van der Waals surface area contributed by atoms with Crippen LogP contribution in [0.25, 0.3) is 11.3 Å². The minimum absolute atomic E-state index is 0.117. The maximum Gasteiger partial charge on any atom is 0.346 e. The number of H-pyrrole nitrogens is 1. The number of anilines is 1. The summed E-state index contributed by atoms with van der Waals surface area (Å²) in [5.41, 5.74) is 1.20. The van der Waals surface area contributed by atoms with Crippen LogP contribution < -0.4 is 20.5 Å². The van der Waals surface area contributed by atoms with E-state index in [4.69, 9.17) is 9.47 Å². The first-order valence-corrected chi connectivity index (χ1v) is 7.80. The van der Waals surface area contributed by atoms with Crippen LogP contribution in [0.3, 0.4) is 0 Å². The molecule has 7 heteroatoms. The van der Waals surface area contributed by atoms with Crippen molar-refractivity contribution in [3.8, 4) is 22.8 Å². The number of hydrogen-bond donors (Lipinski definition) is 2. The molecular formula is C19H17N3O4. The Hall–Kier alpha value is -3.61. The lowest BCUT2D eigenvalue weighted by atomic mass is 10.1. The first-order chi connectivity index (χ1) is 12.6. The highest BCUT2D eigenvalue weighted by Crippen LogP contribution is 2.21. The van der Waals surface area contributed by atoms with Crippen LogP contribution >= 0.6 is 0 Å². The smallest absolute Gasteiger partial charge is 0.346 e. The van der Waals surface area contributed by atoms with Gasteiger partial charge in [0.1, 0.15) is 17.2 Å². The van der Waals surface area contributed by atoms with Crippen molar-refractivity contribution in [2.45, 2.75) is 0 Å². The van der Waals surface area contributed by atoms with Crippen LogP contribution in [0.5, 0.6) is 11.5 Å². The van der Waals surface area contributed by atoms with E-state index >= 15 is 0 Å². The normalized spacial score (nSPS) is 10.2. The van der Waals surface area contributed by atoms with Crippen molar-refractivity contribution in [3.63, 3.8) is 0 Å². The van der Waals surface area contributed by atoms with Crippen LogP contribution in [0, 0.1) is 0 Å². The molecule has 3 rings (SSSR count). The monoisotopic (exact) mass is 351 g/mol. The van der Waals surface area contributed by atoms with E-state index in [9.17, 15) is 9.59 Å². The van der Waals surface area contributed by atoms with Gasteiger partial charge in [-0.15, -0.1) is 0 Å². The first-order valence-electron chi connectivity index (χ1n) is 7.80. The largest absolute Gasteiger partial charge is 0.497 e. The van der Waals surface area contributed by atoms with Crippen LogP contribution in [-0.2, 0) is 0 Å². The summed E-state index contributed by atoms with van der Waals surface area (Å²) in [7, 11) is 3.14. The van der Waals surface area contributed by atoms with Crippen LogP contribution in [-0.4, -0.2) is 30.1 Å². The first kappa shape index (κ1) is 17.2. The number of nitrogens with zero attached hydrogens (tertiary/aromatic N) is 1. The van der Waals surface area contributed by atoms with Gasteiger partial charge < -0.3 is 19.8 Å². The predicted molar refractivity (Wildman–Crippen MR) is 97.8 cm³/mol. The Morgan fingerprint density at radius 1 is 0.962 bits per heavy atom. The number of methoxy groups -OCH3 is 2. The van der Waals surface area contributed by atoms with Gasteiger partial charge in [-0.05, 0) is 54.6 Å². The molecule has 2 N–H and O–H groups in total. The molecule has 0 aliphatic rings. The maximum atomic E-state index is 12.4. The summed E-state index contributed by atoms with van der Waals surface area (Å²) in [4.78, 5) is 30.7. The van der Waals surface area contributed by atoms with E-state index in [-0.39, 0.29) is 5.69 Å². The quantitative estimate of drug-likeness (QED) is 0.737. The van der Waals surface area contributed by atoms with Crippen molar-refractivity contribution in [2.24, 2.45) is 0 Å². The molecule has 0 atom stereocenters. The fourth-order valence-electron chi connectivity index (χ4n) is 2.36. The van der Waals surface area contributed by atoms with Gasteiger partial charge in [0.25, 0.3) is 5.91 Å². The Morgan fingerprint density at radius 2 is 1.54 bits per heavy atom. The number of hydrogen-bond acceptors (Lipinski definition) is 5. The Balaban J connectivity index is 1.85. The van der Waals surface area contributed by atoms with Crippen molar-refractivity contribution >= 4 is 11.6 Å². The summed E-state index contributed by atoms with van der Waals surface area (Å²) >= 11 is 0. The Labute approximate surface area is 149 Å².